The summed E-state index contributed by atoms with van der Waals surface area (Å²) >= 11 is 0. The van der Waals surface area contributed by atoms with E-state index in [-0.39, 0.29) is 0 Å². The van der Waals surface area contributed by atoms with E-state index in [1.807, 2.05) is 38.2 Å². The standard InChI is InChI=1S/C15H20/c1-6-8-9-10-14(4)15(5)12-11-13(3)7-2/h6-12H,1,5H2,2-4H3/b9-8-,12-11-,13-7-,14-10+. The van der Waals surface area contributed by atoms with Gasteiger partial charge in [-0.2, -0.15) is 0 Å². The molecule has 0 aromatic rings. The molecular formula is C15H20. The summed E-state index contributed by atoms with van der Waals surface area (Å²) in [5, 5.41) is 0. The molecule has 0 atom stereocenters. The van der Waals surface area contributed by atoms with Gasteiger partial charge in [0.05, 0.1) is 0 Å². The molecule has 0 unspecified atom stereocenters. The highest BCUT2D eigenvalue weighted by molar-refractivity contribution is 5.40. The Morgan fingerprint density at radius 3 is 2.27 bits per heavy atom. The molecular weight excluding hydrogens is 180 g/mol. The second kappa shape index (κ2) is 7.81. The van der Waals surface area contributed by atoms with E-state index < -0.39 is 0 Å². The van der Waals surface area contributed by atoms with Gasteiger partial charge in [-0.25, -0.2) is 0 Å². The van der Waals surface area contributed by atoms with Crippen LogP contribution in [0.4, 0.5) is 0 Å². The van der Waals surface area contributed by atoms with Crippen molar-refractivity contribution in [3.05, 3.63) is 72.4 Å². The fourth-order valence-electron chi connectivity index (χ4n) is 0.845. The molecule has 0 rings (SSSR count). The predicted octanol–water partition coefficient (Wildman–Crippen LogP) is 4.75. The monoisotopic (exact) mass is 200 g/mol. The summed E-state index contributed by atoms with van der Waals surface area (Å²) in [5.74, 6) is 0. The van der Waals surface area contributed by atoms with Crippen molar-refractivity contribution in [2.75, 3.05) is 0 Å². The Kier molecular flexibility index (Phi) is 7.00. The maximum absolute atomic E-state index is 4.00. The van der Waals surface area contributed by atoms with Gasteiger partial charge in [0.15, 0.2) is 0 Å². The van der Waals surface area contributed by atoms with Gasteiger partial charge in [-0.15, -0.1) is 0 Å². The van der Waals surface area contributed by atoms with Crippen LogP contribution >= 0.6 is 0 Å². The lowest BCUT2D eigenvalue weighted by Crippen LogP contribution is -1.78. The molecule has 0 aromatic heterocycles. The second-order valence-corrected chi connectivity index (χ2v) is 3.36. The number of rotatable bonds is 5. The minimum atomic E-state index is 1.03. The van der Waals surface area contributed by atoms with E-state index >= 15 is 0 Å². The molecule has 0 nitrogen and oxygen atoms in total. The average molecular weight is 200 g/mol. The van der Waals surface area contributed by atoms with Gasteiger partial charge in [0, 0.05) is 0 Å². The zero-order chi connectivity index (χ0) is 11.7. The molecule has 0 bridgehead atoms. The van der Waals surface area contributed by atoms with Crippen LogP contribution in [0, 0.1) is 0 Å². The van der Waals surface area contributed by atoms with Crippen molar-refractivity contribution in [3.63, 3.8) is 0 Å². The molecule has 0 saturated heterocycles. The highest BCUT2D eigenvalue weighted by Crippen LogP contribution is 2.09. The highest BCUT2D eigenvalue weighted by Gasteiger charge is 1.89. The Hall–Kier alpha value is -1.56. The first kappa shape index (κ1) is 13.4. The summed E-state index contributed by atoms with van der Waals surface area (Å²) in [7, 11) is 0. The molecule has 0 saturated carbocycles. The Morgan fingerprint density at radius 1 is 1.07 bits per heavy atom. The molecule has 0 N–H and O–H groups in total. The SMILES string of the molecule is C=C/C=C\C=C(/C)C(=C)/C=C\C(C)=C/C. The fourth-order valence-corrected chi connectivity index (χ4v) is 0.845. The Morgan fingerprint density at radius 2 is 1.73 bits per heavy atom. The molecule has 0 aliphatic heterocycles. The Bertz CT molecular complexity index is 333. The third kappa shape index (κ3) is 6.50. The number of hydrogen-bond donors (Lipinski definition) is 0. The van der Waals surface area contributed by atoms with Gasteiger partial charge in [-0.1, -0.05) is 61.3 Å². The van der Waals surface area contributed by atoms with Crippen LogP contribution in [-0.4, -0.2) is 0 Å². The van der Waals surface area contributed by atoms with E-state index in [4.69, 9.17) is 0 Å². The van der Waals surface area contributed by atoms with E-state index in [0.717, 1.165) is 11.1 Å². The normalized spacial score (nSPS) is 13.8. The van der Waals surface area contributed by atoms with E-state index in [2.05, 4.69) is 32.2 Å². The van der Waals surface area contributed by atoms with Gasteiger partial charge in [0.1, 0.15) is 0 Å². The lowest BCUT2D eigenvalue weighted by atomic mass is 10.1. The number of allylic oxidation sites excluding steroid dienone is 10. The topological polar surface area (TPSA) is 0 Å². The van der Waals surface area contributed by atoms with Gasteiger partial charge in [0.25, 0.3) is 0 Å². The van der Waals surface area contributed by atoms with Crippen molar-refractivity contribution in [2.24, 2.45) is 0 Å². The average Bonchev–Trinajstić information content (AvgIpc) is 2.25. The minimum Gasteiger partial charge on any atom is -0.0991 e. The maximum Gasteiger partial charge on any atom is -0.0299 e. The smallest absolute Gasteiger partial charge is 0.0299 e. The quantitative estimate of drug-likeness (QED) is 0.562. The maximum atomic E-state index is 4.00. The molecule has 80 valence electrons. The van der Waals surface area contributed by atoms with Crippen molar-refractivity contribution in [1.29, 1.82) is 0 Å². The van der Waals surface area contributed by atoms with Gasteiger partial charge < -0.3 is 0 Å². The molecule has 0 radical (unpaired) electrons. The third-order valence-corrected chi connectivity index (χ3v) is 2.10. The van der Waals surface area contributed by atoms with Gasteiger partial charge in [-0.05, 0) is 31.9 Å². The molecule has 15 heavy (non-hydrogen) atoms. The fraction of sp³-hybridized carbons (Fsp3) is 0.200. The van der Waals surface area contributed by atoms with E-state index in [1.165, 1.54) is 5.57 Å². The minimum absolute atomic E-state index is 1.03. The molecule has 0 aliphatic rings. The molecule has 0 aliphatic carbocycles. The van der Waals surface area contributed by atoms with Crippen molar-refractivity contribution >= 4 is 0 Å². The van der Waals surface area contributed by atoms with Crippen molar-refractivity contribution in [1.82, 2.24) is 0 Å². The van der Waals surface area contributed by atoms with Crippen LogP contribution in [0.2, 0.25) is 0 Å². The zero-order valence-electron chi connectivity index (χ0n) is 9.96. The van der Waals surface area contributed by atoms with Gasteiger partial charge >= 0.3 is 0 Å². The van der Waals surface area contributed by atoms with Crippen molar-refractivity contribution in [2.45, 2.75) is 20.8 Å². The van der Waals surface area contributed by atoms with Crippen molar-refractivity contribution < 1.29 is 0 Å². The Balaban J connectivity index is 4.46. The first-order valence-corrected chi connectivity index (χ1v) is 5.08. The van der Waals surface area contributed by atoms with Crippen LogP contribution in [0.5, 0.6) is 0 Å². The summed E-state index contributed by atoms with van der Waals surface area (Å²) < 4.78 is 0. The summed E-state index contributed by atoms with van der Waals surface area (Å²) in [5.41, 5.74) is 3.43. The van der Waals surface area contributed by atoms with Crippen LogP contribution in [0.1, 0.15) is 20.8 Å². The number of hydrogen-bond acceptors (Lipinski definition) is 0. The van der Waals surface area contributed by atoms with Crippen LogP contribution < -0.4 is 0 Å². The molecule has 0 heterocycles. The third-order valence-electron chi connectivity index (χ3n) is 2.10. The summed E-state index contributed by atoms with van der Waals surface area (Å²) in [6, 6.07) is 0. The van der Waals surface area contributed by atoms with Crippen molar-refractivity contribution in [3.8, 4) is 0 Å². The zero-order valence-corrected chi connectivity index (χ0v) is 9.96. The van der Waals surface area contributed by atoms with Crippen LogP contribution in [0.15, 0.2) is 72.4 Å². The van der Waals surface area contributed by atoms with E-state index in [1.54, 1.807) is 6.08 Å². The molecule has 0 amide bonds. The lowest BCUT2D eigenvalue weighted by Gasteiger charge is -1.98. The summed E-state index contributed by atoms with van der Waals surface area (Å²) in [6.45, 7) is 13.8. The first-order valence-electron chi connectivity index (χ1n) is 5.08. The van der Waals surface area contributed by atoms with Crippen LogP contribution in [-0.2, 0) is 0 Å². The largest absolute Gasteiger partial charge is 0.0991 e. The highest BCUT2D eigenvalue weighted by atomic mass is 14.0. The summed E-state index contributed by atoms with van der Waals surface area (Å²) in [6.07, 6.45) is 13.8. The molecule has 0 fully saturated rings. The lowest BCUT2D eigenvalue weighted by molar-refractivity contribution is 1.42. The van der Waals surface area contributed by atoms with Gasteiger partial charge in [0.2, 0.25) is 0 Å². The van der Waals surface area contributed by atoms with Crippen LogP contribution in [0.25, 0.3) is 0 Å². The predicted molar refractivity (Wildman–Crippen MR) is 70.8 cm³/mol. The van der Waals surface area contributed by atoms with Crippen LogP contribution in [0.3, 0.4) is 0 Å². The second-order valence-electron chi connectivity index (χ2n) is 3.36. The molecule has 0 aromatic carbocycles. The van der Waals surface area contributed by atoms with E-state index in [9.17, 15) is 0 Å². The Labute approximate surface area is 93.7 Å². The molecule has 0 heteroatoms. The molecule has 0 spiro atoms. The van der Waals surface area contributed by atoms with E-state index in [0.29, 0.717) is 0 Å². The van der Waals surface area contributed by atoms with Gasteiger partial charge in [-0.3, -0.25) is 0 Å². The summed E-state index contributed by atoms with van der Waals surface area (Å²) in [4.78, 5) is 0. The first-order chi connectivity index (χ1) is 7.11.